The number of nitrogens with zero attached hydrogens (tertiary/aromatic N) is 2. The van der Waals surface area contributed by atoms with Crippen LogP contribution in [0.3, 0.4) is 0 Å². The third-order valence-electron chi connectivity index (χ3n) is 3.64. The van der Waals surface area contributed by atoms with Gasteiger partial charge in [0.1, 0.15) is 5.82 Å². The average Bonchev–Trinajstić information content (AvgIpc) is 2.62. The lowest BCUT2D eigenvalue weighted by atomic mass is 10.00. The standard InChI is InChI=1S/C13H22N4/c1-3-10(8-13(14)15)17-9(2)16-11-6-4-5-7-12(11)17/h10H,3-8H2,1-2H3,(H3,14,15). The van der Waals surface area contributed by atoms with Gasteiger partial charge in [0.05, 0.1) is 11.5 Å². The normalized spacial score (nSPS) is 16.6. The molecule has 4 nitrogen and oxygen atoms in total. The molecule has 0 amide bonds. The minimum atomic E-state index is 0.273. The number of amidine groups is 1. The van der Waals surface area contributed by atoms with Crippen molar-refractivity contribution in [2.45, 2.75) is 58.4 Å². The highest BCUT2D eigenvalue weighted by Gasteiger charge is 2.22. The topological polar surface area (TPSA) is 67.7 Å². The van der Waals surface area contributed by atoms with Crippen molar-refractivity contribution in [3.63, 3.8) is 0 Å². The van der Waals surface area contributed by atoms with Gasteiger partial charge in [-0.2, -0.15) is 0 Å². The van der Waals surface area contributed by atoms with E-state index in [0.717, 1.165) is 25.1 Å². The van der Waals surface area contributed by atoms with Crippen molar-refractivity contribution in [1.82, 2.24) is 9.55 Å². The highest BCUT2D eigenvalue weighted by atomic mass is 15.1. The lowest BCUT2D eigenvalue weighted by Gasteiger charge is -2.22. The molecule has 1 aliphatic carbocycles. The van der Waals surface area contributed by atoms with Gasteiger partial charge in [0.25, 0.3) is 0 Å². The lowest BCUT2D eigenvalue weighted by molar-refractivity contribution is 0.465. The van der Waals surface area contributed by atoms with Crippen LogP contribution in [0.15, 0.2) is 0 Å². The molecule has 17 heavy (non-hydrogen) atoms. The number of aromatic nitrogens is 2. The molecule has 1 atom stereocenters. The van der Waals surface area contributed by atoms with E-state index < -0.39 is 0 Å². The average molecular weight is 234 g/mol. The van der Waals surface area contributed by atoms with Crippen molar-refractivity contribution < 1.29 is 0 Å². The molecule has 2 rings (SSSR count). The predicted octanol–water partition coefficient (Wildman–Crippen LogP) is 2.35. The molecule has 0 spiro atoms. The van der Waals surface area contributed by atoms with E-state index in [1.165, 1.54) is 24.2 Å². The maximum atomic E-state index is 7.49. The van der Waals surface area contributed by atoms with Crippen LogP contribution in [0, 0.1) is 12.3 Å². The lowest BCUT2D eigenvalue weighted by Crippen LogP contribution is -2.21. The third-order valence-corrected chi connectivity index (χ3v) is 3.64. The Kier molecular flexibility index (Phi) is 3.50. The maximum absolute atomic E-state index is 7.49. The van der Waals surface area contributed by atoms with Crippen molar-refractivity contribution >= 4 is 5.84 Å². The van der Waals surface area contributed by atoms with Gasteiger partial charge in [-0.05, 0) is 39.0 Å². The summed E-state index contributed by atoms with van der Waals surface area (Å²) in [6, 6.07) is 0.307. The van der Waals surface area contributed by atoms with Crippen LogP contribution in [-0.2, 0) is 12.8 Å². The van der Waals surface area contributed by atoms with Gasteiger partial charge < -0.3 is 10.3 Å². The number of fused-ring (bicyclic) bond motifs is 1. The van der Waals surface area contributed by atoms with E-state index in [-0.39, 0.29) is 5.84 Å². The summed E-state index contributed by atoms with van der Waals surface area (Å²) in [5.74, 6) is 1.36. The molecule has 0 saturated carbocycles. The van der Waals surface area contributed by atoms with E-state index in [9.17, 15) is 0 Å². The number of nitrogens with two attached hydrogens (primary N) is 1. The smallest absolute Gasteiger partial charge is 0.106 e. The first kappa shape index (κ1) is 12.1. The Balaban J connectivity index is 2.35. The van der Waals surface area contributed by atoms with E-state index in [1.54, 1.807) is 0 Å². The summed E-state index contributed by atoms with van der Waals surface area (Å²) in [6.45, 7) is 4.23. The van der Waals surface area contributed by atoms with Crippen LogP contribution in [0.25, 0.3) is 0 Å². The Hall–Kier alpha value is -1.32. The fraction of sp³-hybridized carbons (Fsp3) is 0.692. The first-order valence-electron chi connectivity index (χ1n) is 6.53. The summed E-state index contributed by atoms with van der Waals surface area (Å²) in [4.78, 5) is 4.68. The quantitative estimate of drug-likeness (QED) is 0.620. The second-order valence-electron chi connectivity index (χ2n) is 4.92. The summed E-state index contributed by atoms with van der Waals surface area (Å²) in [5, 5.41) is 7.49. The molecule has 1 unspecified atom stereocenters. The number of aryl methyl sites for hydroxylation is 2. The molecule has 1 aromatic rings. The van der Waals surface area contributed by atoms with Gasteiger partial charge >= 0.3 is 0 Å². The minimum Gasteiger partial charge on any atom is -0.388 e. The summed E-state index contributed by atoms with van der Waals surface area (Å²) in [5.41, 5.74) is 8.22. The van der Waals surface area contributed by atoms with E-state index >= 15 is 0 Å². The van der Waals surface area contributed by atoms with E-state index in [1.807, 2.05) is 0 Å². The fourth-order valence-electron chi connectivity index (χ4n) is 2.85. The SMILES string of the molecule is CCC(CC(=N)N)n1c(C)nc2c1CCCC2. The second kappa shape index (κ2) is 4.90. The van der Waals surface area contributed by atoms with Gasteiger partial charge in [-0.25, -0.2) is 4.98 Å². The van der Waals surface area contributed by atoms with E-state index in [0.29, 0.717) is 12.5 Å². The van der Waals surface area contributed by atoms with Crippen molar-refractivity contribution in [1.29, 1.82) is 5.41 Å². The van der Waals surface area contributed by atoms with Gasteiger partial charge in [0, 0.05) is 18.2 Å². The number of imidazole rings is 1. The molecule has 0 aliphatic heterocycles. The van der Waals surface area contributed by atoms with Crippen molar-refractivity contribution in [3.8, 4) is 0 Å². The number of nitrogens with one attached hydrogen (secondary N) is 1. The highest BCUT2D eigenvalue weighted by Crippen LogP contribution is 2.28. The van der Waals surface area contributed by atoms with Crippen LogP contribution in [0.2, 0.25) is 0 Å². The van der Waals surface area contributed by atoms with E-state index in [4.69, 9.17) is 11.1 Å². The zero-order valence-electron chi connectivity index (χ0n) is 10.8. The zero-order valence-corrected chi connectivity index (χ0v) is 10.8. The van der Waals surface area contributed by atoms with Gasteiger partial charge in [0.2, 0.25) is 0 Å². The van der Waals surface area contributed by atoms with Crippen LogP contribution >= 0.6 is 0 Å². The molecular weight excluding hydrogens is 212 g/mol. The highest BCUT2D eigenvalue weighted by molar-refractivity contribution is 5.77. The third kappa shape index (κ3) is 2.35. The Morgan fingerprint density at radius 1 is 1.47 bits per heavy atom. The Morgan fingerprint density at radius 3 is 2.82 bits per heavy atom. The van der Waals surface area contributed by atoms with Gasteiger partial charge in [-0.3, -0.25) is 5.41 Å². The largest absolute Gasteiger partial charge is 0.388 e. The predicted molar refractivity (Wildman–Crippen MR) is 69.5 cm³/mol. The van der Waals surface area contributed by atoms with Gasteiger partial charge in [-0.1, -0.05) is 6.92 Å². The molecule has 0 aromatic carbocycles. The Bertz CT molecular complexity index is 419. The van der Waals surface area contributed by atoms with Crippen LogP contribution < -0.4 is 5.73 Å². The molecule has 0 saturated heterocycles. The fourth-order valence-corrected chi connectivity index (χ4v) is 2.85. The first-order valence-corrected chi connectivity index (χ1v) is 6.53. The molecular formula is C13H22N4. The van der Waals surface area contributed by atoms with Crippen LogP contribution in [0.4, 0.5) is 0 Å². The van der Waals surface area contributed by atoms with Gasteiger partial charge in [0.15, 0.2) is 0 Å². The molecule has 4 heteroatoms. The Morgan fingerprint density at radius 2 is 2.18 bits per heavy atom. The number of rotatable bonds is 4. The molecule has 0 fully saturated rings. The summed E-state index contributed by atoms with van der Waals surface area (Å²) < 4.78 is 2.33. The zero-order chi connectivity index (χ0) is 12.4. The molecule has 1 aromatic heterocycles. The maximum Gasteiger partial charge on any atom is 0.106 e. The number of hydrogen-bond acceptors (Lipinski definition) is 2. The summed E-state index contributed by atoms with van der Waals surface area (Å²) in [6.07, 6.45) is 6.40. The molecule has 94 valence electrons. The number of hydrogen-bond donors (Lipinski definition) is 2. The first-order chi connectivity index (χ1) is 8.13. The van der Waals surface area contributed by atoms with Crippen LogP contribution in [0.1, 0.15) is 55.9 Å². The molecule has 1 aliphatic rings. The van der Waals surface area contributed by atoms with Crippen molar-refractivity contribution in [2.24, 2.45) is 5.73 Å². The van der Waals surface area contributed by atoms with Crippen molar-refractivity contribution in [2.75, 3.05) is 0 Å². The van der Waals surface area contributed by atoms with Gasteiger partial charge in [-0.15, -0.1) is 0 Å². The second-order valence-corrected chi connectivity index (χ2v) is 4.92. The minimum absolute atomic E-state index is 0.273. The van der Waals surface area contributed by atoms with Crippen molar-refractivity contribution in [3.05, 3.63) is 17.2 Å². The Labute approximate surface area is 103 Å². The molecule has 0 bridgehead atoms. The molecule has 0 radical (unpaired) electrons. The van der Waals surface area contributed by atoms with Crippen LogP contribution in [-0.4, -0.2) is 15.4 Å². The molecule has 3 N–H and O–H groups in total. The monoisotopic (exact) mass is 234 g/mol. The van der Waals surface area contributed by atoms with E-state index in [2.05, 4.69) is 23.4 Å². The summed E-state index contributed by atoms with van der Waals surface area (Å²) in [7, 11) is 0. The van der Waals surface area contributed by atoms with Crippen LogP contribution in [0.5, 0.6) is 0 Å². The molecule has 1 heterocycles. The summed E-state index contributed by atoms with van der Waals surface area (Å²) >= 11 is 0.